The predicted octanol–water partition coefficient (Wildman–Crippen LogP) is 2.17. The monoisotopic (exact) mass is 343 g/mol. The fourth-order valence-electron chi connectivity index (χ4n) is 2.28. The summed E-state index contributed by atoms with van der Waals surface area (Å²) < 4.78 is 0. The van der Waals surface area contributed by atoms with E-state index >= 15 is 0 Å². The Bertz CT molecular complexity index is 727. The minimum Gasteiger partial charge on any atom is -0.394 e. The zero-order valence-corrected chi connectivity index (χ0v) is 14.1. The number of benzene rings is 2. The average molecular weight is 343 g/mol. The van der Waals surface area contributed by atoms with Gasteiger partial charge >= 0.3 is 0 Å². The summed E-state index contributed by atoms with van der Waals surface area (Å²) in [6, 6.07) is 12.5. The van der Waals surface area contributed by atoms with Crippen LogP contribution < -0.4 is 4.90 Å². The molecular weight excluding hydrogens is 322 g/mol. The Morgan fingerprint density at radius 3 is 2.24 bits per heavy atom. The van der Waals surface area contributed by atoms with Crippen LogP contribution in [0.25, 0.3) is 0 Å². The van der Waals surface area contributed by atoms with E-state index in [1.807, 2.05) is 43.3 Å². The van der Waals surface area contributed by atoms with Gasteiger partial charge in [-0.15, -0.1) is 0 Å². The van der Waals surface area contributed by atoms with Gasteiger partial charge in [-0.3, -0.25) is 15.1 Å². The molecule has 0 spiro atoms. The van der Waals surface area contributed by atoms with Crippen molar-refractivity contribution in [3.63, 3.8) is 0 Å². The number of non-ortho nitro benzene ring substituents is 1. The van der Waals surface area contributed by atoms with E-state index in [0.29, 0.717) is 5.56 Å². The first-order valence-corrected chi connectivity index (χ1v) is 7.76. The Balaban J connectivity index is 2.11. The number of anilines is 1. The van der Waals surface area contributed by atoms with Gasteiger partial charge in [0.15, 0.2) is 0 Å². The lowest BCUT2D eigenvalue weighted by Gasteiger charge is -2.17. The molecule has 25 heavy (non-hydrogen) atoms. The van der Waals surface area contributed by atoms with E-state index < -0.39 is 17.1 Å². The number of nitrogens with zero attached hydrogens (tertiary/aromatic N) is 3. The Hall–Kier alpha value is -2.77. The lowest BCUT2D eigenvalue weighted by Crippen LogP contribution is -2.21. The molecule has 2 N–H and O–H groups in total. The fourth-order valence-corrected chi connectivity index (χ4v) is 2.28. The van der Waals surface area contributed by atoms with Gasteiger partial charge < -0.3 is 15.1 Å². The number of aliphatic hydroxyl groups excluding tert-OH is 2. The molecule has 0 aliphatic rings. The van der Waals surface area contributed by atoms with Crippen LogP contribution in [0.1, 0.15) is 17.2 Å². The Morgan fingerprint density at radius 2 is 1.76 bits per heavy atom. The predicted molar refractivity (Wildman–Crippen MR) is 97.3 cm³/mol. The third-order valence-corrected chi connectivity index (χ3v) is 3.82. The molecule has 2 aromatic rings. The van der Waals surface area contributed by atoms with Crippen molar-refractivity contribution in [1.29, 1.82) is 0 Å². The zero-order chi connectivity index (χ0) is 18.4. The number of rotatable bonds is 7. The minimum atomic E-state index is -1.05. The van der Waals surface area contributed by atoms with E-state index in [1.54, 1.807) is 6.21 Å². The maximum atomic E-state index is 10.7. The van der Waals surface area contributed by atoms with Crippen LogP contribution in [0.5, 0.6) is 0 Å². The molecule has 0 bridgehead atoms. The number of aliphatic hydroxyl groups is 2. The van der Waals surface area contributed by atoms with Gasteiger partial charge in [-0.2, -0.15) is 0 Å². The molecule has 132 valence electrons. The number of hydrogen-bond acceptors (Lipinski definition) is 6. The van der Waals surface area contributed by atoms with E-state index in [-0.39, 0.29) is 12.3 Å². The van der Waals surface area contributed by atoms with Crippen molar-refractivity contribution in [3.05, 3.63) is 69.8 Å². The molecule has 0 amide bonds. The van der Waals surface area contributed by atoms with Gasteiger partial charge in [-0.1, -0.05) is 12.1 Å². The third-order valence-electron chi connectivity index (χ3n) is 3.82. The Morgan fingerprint density at radius 1 is 1.16 bits per heavy atom. The van der Waals surface area contributed by atoms with Gasteiger partial charge in [-0.05, 0) is 35.4 Å². The molecule has 0 saturated carbocycles. The summed E-state index contributed by atoms with van der Waals surface area (Å²) in [5, 5.41) is 30.5. The summed E-state index contributed by atoms with van der Waals surface area (Å²) >= 11 is 0. The molecule has 0 aliphatic carbocycles. The van der Waals surface area contributed by atoms with Crippen LogP contribution in [0.3, 0.4) is 0 Å². The summed E-state index contributed by atoms with van der Waals surface area (Å²) in [6.45, 7) is -0.343. The molecule has 0 radical (unpaired) electrons. The molecule has 0 aliphatic heterocycles. The highest BCUT2D eigenvalue weighted by Crippen LogP contribution is 2.22. The van der Waals surface area contributed by atoms with E-state index in [4.69, 9.17) is 0 Å². The van der Waals surface area contributed by atoms with E-state index in [9.17, 15) is 20.3 Å². The second kappa shape index (κ2) is 8.36. The highest BCUT2D eigenvalue weighted by Gasteiger charge is 2.19. The second-order valence-electron chi connectivity index (χ2n) is 5.81. The Kier molecular flexibility index (Phi) is 6.21. The smallest absolute Gasteiger partial charge is 0.269 e. The van der Waals surface area contributed by atoms with Crippen molar-refractivity contribution in [2.75, 3.05) is 25.6 Å². The van der Waals surface area contributed by atoms with Gasteiger partial charge in [0, 0.05) is 38.1 Å². The van der Waals surface area contributed by atoms with Crippen LogP contribution in [0.2, 0.25) is 0 Å². The lowest BCUT2D eigenvalue weighted by atomic mass is 10.0. The molecule has 2 rings (SSSR count). The number of nitro groups is 1. The van der Waals surface area contributed by atoms with Crippen LogP contribution in [0, 0.1) is 10.1 Å². The molecule has 0 heterocycles. The molecule has 0 fully saturated rings. The van der Waals surface area contributed by atoms with E-state index in [1.165, 1.54) is 24.3 Å². The van der Waals surface area contributed by atoms with Gasteiger partial charge in [0.05, 0.1) is 11.5 Å². The largest absolute Gasteiger partial charge is 0.394 e. The number of nitro benzene ring substituents is 1. The summed E-state index contributed by atoms with van der Waals surface area (Å²) in [6.07, 6.45) is 0.540. The molecular formula is C18H21N3O4. The van der Waals surface area contributed by atoms with Crippen molar-refractivity contribution in [1.82, 2.24) is 0 Å². The Labute approximate surface area is 146 Å². The lowest BCUT2D eigenvalue weighted by molar-refractivity contribution is -0.384. The SMILES string of the molecule is CN(C)c1ccc(C=N[C@@H](CO)[C@@H](O)c2ccc([N+](=O)[O-])cc2)cc1. The summed E-state index contributed by atoms with van der Waals surface area (Å²) in [7, 11) is 3.90. The van der Waals surface area contributed by atoms with Crippen molar-refractivity contribution in [2.45, 2.75) is 12.1 Å². The maximum absolute atomic E-state index is 10.7. The van der Waals surface area contributed by atoms with Crippen LogP contribution in [0.15, 0.2) is 53.5 Å². The van der Waals surface area contributed by atoms with Crippen molar-refractivity contribution in [3.8, 4) is 0 Å². The summed E-state index contributed by atoms with van der Waals surface area (Å²) in [4.78, 5) is 16.4. The topological polar surface area (TPSA) is 99.2 Å². The fraction of sp³-hybridized carbons (Fsp3) is 0.278. The van der Waals surface area contributed by atoms with Crippen LogP contribution in [-0.2, 0) is 0 Å². The summed E-state index contributed by atoms with van der Waals surface area (Å²) in [5.74, 6) is 0. The van der Waals surface area contributed by atoms with Crippen LogP contribution >= 0.6 is 0 Å². The van der Waals surface area contributed by atoms with Gasteiger partial charge in [0.25, 0.3) is 5.69 Å². The first kappa shape index (κ1) is 18.6. The molecule has 7 nitrogen and oxygen atoms in total. The van der Waals surface area contributed by atoms with E-state index in [2.05, 4.69) is 4.99 Å². The zero-order valence-electron chi connectivity index (χ0n) is 14.1. The summed E-state index contributed by atoms with van der Waals surface area (Å²) in [5.41, 5.74) is 2.31. The second-order valence-corrected chi connectivity index (χ2v) is 5.81. The average Bonchev–Trinajstić information content (AvgIpc) is 2.62. The van der Waals surface area contributed by atoms with Gasteiger partial charge in [0.1, 0.15) is 12.1 Å². The normalized spacial score (nSPS) is 13.6. The van der Waals surface area contributed by atoms with Crippen molar-refractivity contribution < 1.29 is 15.1 Å². The number of hydrogen-bond donors (Lipinski definition) is 2. The van der Waals surface area contributed by atoms with Crippen LogP contribution in [0.4, 0.5) is 11.4 Å². The highest BCUT2D eigenvalue weighted by molar-refractivity contribution is 5.80. The first-order valence-electron chi connectivity index (χ1n) is 7.76. The third kappa shape index (κ3) is 4.85. The van der Waals surface area contributed by atoms with Gasteiger partial charge in [0.2, 0.25) is 0 Å². The molecule has 0 aromatic heterocycles. The van der Waals surface area contributed by atoms with Crippen molar-refractivity contribution >= 4 is 17.6 Å². The standard InChI is InChI=1S/C18H21N3O4/c1-20(2)15-7-3-13(4-8-15)11-19-17(12-22)18(23)14-5-9-16(10-6-14)21(24)25/h3-11,17-18,22-23H,12H2,1-2H3/t17-,18-/m0/s1. The first-order chi connectivity index (χ1) is 11.9. The maximum Gasteiger partial charge on any atom is 0.269 e. The van der Waals surface area contributed by atoms with Crippen molar-refractivity contribution in [2.24, 2.45) is 4.99 Å². The molecule has 2 atom stereocenters. The highest BCUT2D eigenvalue weighted by atomic mass is 16.6. The molecule has 0 saturated heterocycles. The van der Waals surface area contributed by atoms with Crippen LogP contribution in [-0.4, -0.2) is 48.1 Å². The minimum absolute atomic E-state index is 0.0546. The quantitative estimate of drug-likeness (QED) is 0.456. The molecule has 0 unspecified atom stereocenters. The molecule has 7 heteroatoms. The molecule has 2 aromatic carbocycles. The van der Waals surface area contributed by atoms with E-state index in [0.717, 1.165) is 11.3 Å². The van der Waals surface area contributed by atoms with Gasteiger partial charge in [-0.25, -0.2) is 0 Å². The number of aliphatic imine (C=N–C) groups is 1.